The molecule has 5 heteroatoms. The van der Waals surface area contributed by atoms with Gasteiger partial charge in [0.05, 0.1) is 12.6 Å². The van der Waals surface area contributed by atoms with Gasteiger partial charge in [0.15, 0.2) is 0 Å². The molecule has 25 heavy (non-hydrogen) atoms. The van der Waals surface area contributed by atoms with Gasteiger partial charge in [0.25, 0.3) is 5.91 Å². The van der Waals surface area contributed by atoms with Crippen LogP contribution >= 0.6 is 0 Å². The Balaban J connectivity index is 1.47. The summed E-state index contributed by atoms with van der Waals surface area (Å²) in [5.41, 5.74) is 1.40. The molecule has 5 nitrogen and oxygen atoms in total. The van der Waals surface area contributed by atoms with Crippen LogP contribution < -0.4 is 0 Å². The molecule has 3 aliphatic rings. The number of ether oxygens (including phenoxy) is 2. The first kappa shape index (κ1) is 17.0. The molecule has 3 atom stereocenters. The Labute approximate surface area is 149 Å². The lowest BCUT2D eigenvalue weighted by molar-refractivity contribution is -0.0821. The third kappa shape index (κ3) is 3.58. The minimum Gasteiger partial charge on any atom is -0.373 e. The predicted octanol–water partition coefficient (Wildman–Crippen LogP) is 2.97. The minimum absolute atomic E-state index is 0.000316. The average molecular weight is 344 g/mol. The van der Waals surface area contributed by atoms with Gasteiger partial charge in [0.2, 0.25) is 0 Å². The highest BCUT2D eigenvalue weighted by Crippen LogP contribution is 2.33. The van der Waals surface area contributed by atoms with E-state index < -0.39 is 0 Å². The van der Waals surface area contributed by atoms with Crippen LogP contribution in [0.25, 0.3) is 0 Å². The van der Waals surface area contributed by atoms with E-state index in [9.17, 15) is 4.79 Å². The molecule has 1 aromatic rings. The average Bonchev–Trinajstić information content (AvgIpc) is 3.27. The second-order valence-corrected chi connectivity index (χ2v) is 7.69. The Kier molecular flexibility index (Phi) is 5.04. The topological polar surface area (TPSA) is 51.7 Å². The first-order valence-corrected chi connectivity index (χ1v) is 9.70. The Hall–Kier alpha value is -1.46. The van der Waals surface area contributed by atoms with Gasteiger partial charge >= 0.3 is 0 Å². The van der Waals surface area contributed by atoms with Crippen LogP contribution in [0.3, 0.4) is 0 Å². The lowest BCUT2D eigenvalue weighted by atomic mass is 10.0. The van der Waals surface area contributed by atoms with E-state index in [-0.39, 0.29) is 24.2 Å². The van der Waals surface area contributed by atoms with Gasteiger partial charge in [0, 0.05) is 18.9 Å². The maximum Gasteiger partial charge on any atom is 0.272 e. The van der Waals surface area contributed by atoms with Crippen molar-refractivity contribution in [2.24, 2.45) is 5.92 Å². The molecule has 2 aliphatic heterocycles. The minimum atomic E-state index is -0.000316. The van der Waals surface area contributed by atoms with Crippen LogP contribution in [0.2, 0.25) is 0 Å². The number of aromatic nitrogens is 1. The van der Waals surface area contributed by atoms with Crippen LogP contribution in [0.15, 0.2) is 18.2 Å². The van der Waals surface area contributed by atoms with Crippen LogP contribution in [-0.4, -0.2) is 53.8 Å². The van der Waals surface area contributed by atoms with Crippen molar-refractivity contribution < 1.29 is 14.3 Å². The summed E-state index contributed by atoms with van der Waals surface area (Å²) in [6.45, 7) is 4.12. The zero-order valence-electron chi connectivity index (χ0n) is 15.0. The largest absolute Gasteiger partial charge is 0.373 e. The van der Waals surface area contributed by atoms with Gasteiger partial charge in [-0.05, 0) is 50.7 Å². The Bertz CT molecular complexity index is 615. The number of fused-ring (bicyclic) bond motifs is 1. The molecule has 1 saturated carbocycles. The summed E-state index contributed by atoms with van der Waals surface area (Å²) in [6.07, 6.45) is 7.21. The van der Waals surface area contributed by atoms with Gasteiger partial charge in [-0.3, -0.25) is 4.79 Å². The molecular weight excluding hydrogens is 316 g/mol. The normalized spacial score (nSPS) is 29.8. The van der Waals surface area contributed by atoms with E-state index in [0.717, 1.165) is 31.7 Å². The molecule has 3 fully saturated rings. The van der Waals surface area contributed by atoms with Crippen LogP contribution in [0.5, 0.6) is 0 Å². The third-order valence-corrected chi connectivity index (χ3v) is 5.87. The summed E-state index contributed by atoms with van der Waals surface area (Å²) in [4.78, 5) is 19.4. The number of aryl methyl sites for hydroxylation is 1. The highest BCUT2D eigenvalue weighted by atomic mass is 16.5. The van der Waals surface area contributed by atoms with Gasteiger partial charge in [-0.25, -0.2) is 4.98 Å². The number of rotatable bonds is 4. The van der Waals surface area contributed by atoms with Crippen molar-refractivity contribution >= 4 is 5.91 Å². The highest BCUT2D eigenvalue weighted by Gasteiger charge is 2.47. The highest BCUT2D eigenvalue weighted by molar-refractivity contribution is 5.93. The number of carbonyl (C=O) groups is 1. The van der Waals surface area contributed by atoms with Crippen LogP contribution in [0.4, 0.5) is 0 Å². The molecule has 1 aliphatic carbocycles. The van der Waals surface area contributed by atoms with Crippen LogP contribution in [0, 0.1) is 12.8 Å². The second kappa shape index (κ2) is 7.42. The quantitative estimate of drug-likeness (QED) is 0.843. The summed E-state index contributed by atoms with van der Waals surface area (Å²) in [7, 11) is 0. The van der Waals surface area contributed by atoms with Gasteiger partial charge in [0.1, 0.15) is 17.9 Å². The SMILES string of the molecule is Cc1cccc(C(=O)N2C[C@@H](OCC3CCCC3)[C@H]3OCCC[C@H]32)n1. The fraction of sp³-hybridized carbons (Fsp3) is 0.700. The van der Waals surface area contributed by atoms with E-state index in [4.69, 9.17) is 9.47 Å². The van der Waals surface area contributed by atoms with Crippen molar-refractivity contribution in [2.75, 3.05) is 19.8 Å². The molecule has 1 aromatic heterocycles. The van der Waals surface area contributed by atoms with Crippen molar-refractivity contribution in [1.82, 2.24) is 9.88 Å². The van der Waals surface area contributed by atoms with Crippen molar-refractivity contribution in [1.29, 1.82) is 0 Å². The number of carbonyl (C=O) groups excluding carboxylic acids is 1. The molecule has 3 heterocycles. The number of hydrogen-bond donors (Lipinski definition) is 0. The predicted molar refractivity (Wildman–Crippen MR) is 94.5 cm³/mol. The van der Waals surface area contributed by atoms with E-state index in [1.54, 1.807) is 6.07 Å². The van der Waals surface area contributed by atoms with Crippen LogP contribution in [0.1, 0.15) is 54.7 Å². The monoisotopic (exact) mass is 344 g/mol. The molecule has 2 saturated heterocycles. The summed E-state index contributed by atoms with van der Waals surface area (Å²) in [5, 5.41) is 0. The molecule has 0 bridgehead atoms. The zero-order chi connectivity index (χ0) is 17.2. The fourth-order valence-electron chi connectivity index (χ4n) is 4.54. The van der Waals surface area contributed by atoms with Gasteiger partial charge in [-0.15, -0.1) is 0 Å². The first-order valence-electron chi connectivity index (χ1n) is 9.70. The van der Waals surface area contributed by atoms with E-state index in [2.05, 4.69) is 4.98 Å². The maximum atomic E-state index is 13.0. The Morgan fingerprint density at radius 3 is 2.92 bits per heavy atom. The smallest absolute Gasteiger partial charge is 0.272 e. The lowest BCUT2D eigenvalue weighted by Crippen LogP contribution is -2.44. The molecule has 1 amide bonds. The van der Waals surface area contributed by atoms with E-state index in [1.165, 1.54) is 25.7 Å². The molecule has 0 N–H and O–H groups in total. The number of likely N-dealkylation sites (tertiary alicyclic amines) is 1. The summed E-state index contributed by atoms with van der Waals surface area (Å²) in [5.74, 6) is 0.696. The molecular formula is C20H28N2O3. The van der Waals surface area contributed by atoms with Crippen molar-refractivity contribution in [3.05, 3.63) is 29.6 Å². The van der Waals surface area contributed by atoms with Gasteiger partial charge in [-0.1, -0.05) is 18.9 Å². The zero-order valence-corrected chi connectivity index (χ0v) is 15.0. The van der Waals surface area contributed by atoms with E-state index in [1.807, 2.05) is 24.0 Å². The van der Waals surface area contributed by atoms with Crippen molar-refractivity contribution in [3.8, 4) is 0 Å². The molecule has 0 radical (unpaired) electrons. The fourth-order valence-corrected chi connectivity index (χ4v) is 4.54. The van der Waals surface area contributed by atoms with Gasteiger partial charge in [-0.2, -0.15) is 0 Å². The first-order chi connectivity index (χ1) is 12.2. The number of pyridine rings is 1. The number of amides is 1. The number of hydrogen-bond acceptors (Lipinski definition) is 4. The molecule has 4 rings (SSSR count). The second-order valence-electron chi connectivity index (χ2n) is 7.69. The summed E-state index contributed by atoms with van der Waals surface area (Å²) < 4.78 is 12.3. The van der Waals surface area contributed by atoms with Crippen molar-refractivity contribution in [2.45, 2.75) is 63.7 Å². The van der Waals surface area contributed by atoms with Crippen molar-refractivity contribution in [3.63, 3.8) is 0 Å². The molecule has 0 spiro atoms. The van der Waals surface area contributed by atoms with Gasteiger partial charge < -0.3 is 14.4 Å². The van der Waals surface area contributed by atoms with Crippen LogP contribution in [-0.2, 0) is 9.47 Å². The number of nitrogens with zero attached hydrogens (tertiary/aromatic N) is 2. The molecule has 0 unspecified atom stereocenters. The third-order valence-electron chi connectivity index (χ3n) is 5.87. The Morgan fingerprint density at radius 1 is 1.28 bits per heavy atom. The maximum absolute atomic E-state index is 13.0. The summed E-state index contributed by atoms with van der Waals surface area (Å²) in [6, 6.07) is 5.74. The molecule has 0 aromatic carbocycles. The lowest BCUT2D eigenvalue weighted by Gasteiger charge is -2.32. The summed E-state index contributed by atoms with van der Waals surface area (Å²) >= 11 is 0. The van der Waals surface area contributed by atoms with E-state index in [0.29, 0.717) is 18.2 Å². The van der Waals surface area contributed by atoms with E-state index >= 15 is 0 Å². The standard InChI is InChI=1S/C20H28N2O3/c1-14-6-4-9-16(21-14)20(23)22-12-18(19-17(22)10-5-11-24-19)25-13-15-7-2-3-8-15/h4,6,9,15,17-19H,2-3,5,7-8,10-13H2,1H3/t17-,18-,19+/m1/s1. The molecule has 136 valence electrons. The Morgan fingerprint density at radius 2 is 2.12 bits per heavy atom.